The zero-order valence-electron chi connectivity index (χ0n) is 30.1. The van der Waals surface area contributed by atoms with Crippen molar-refractivity contribution in [2.75, 3.05) is 9.80 Å². The third-order valence-electron chi connectivity index (χ3n) is 6.36. The topological polar surface area (TPSA) is 174 Å². The Labute approximate surface area is 283 Å². The lowest BCUT2D eigenvalue weighted by Crippen LogP contribution is -2.44. The number of rotatable bonds is 6. The molecule has 0 aromatic carbocycles. The number of hydrogen-bond donors (Lipinski definition) is 2. The van der Waals surface area contributed by atoms with E-state index in [0.29, 0.717) is 0 Å². The molecule has 0 spiro atoms. The molecular formula is C32H46F3N5O9. The zero-order chi connectivity index (χ0) is 38.2. The van der Waals surface area contributed by atoms with Crippen LogP contribution in [0.1, 0.15) is 113 Å². The monoisotopic (exact) mass is 701 g/mol. The summed E-state index contributed by atoms with van der Waals surface area (Å²) < 4.78 is 58.9. The molecule has 0 radical (unpaired) electrons. The van der Waals surface area contributed by atoms with Crippen LogP contribution in [0.2, 0.25) is 0 Å². The Kier molecular flexibility index (Phi) is 11.4. The van der Waals surface area contributed by atoms with Crippen molar-refractivity contribution in [2.45, 2.75) is 131 Å². The van der Waals surface area contributed by atoms with E-state index in [1.54, 1.807) is 41.5 Å². The van der Waals surface area contributed by atoms with Crippen LogP contribution in [0.15, 0.2) is 6.07 Å². The number of amides is 4. The van der Waals surface area contributed by atoms with E-state index in [-0.39, 0.29) is 38.9 Å². The van der Waals surface area contributed by atoms with Crippen LogP contribution in [0.25, 0.3) is 0 Å². The lowest BCUT2D eigenvalue weighted by atomic mass is 9.79. The van der Waals surface area contributed by atoms with Gasteiger partial charge in [0, 0.05) is 17.7 Å². The number of nitrogens with zero attached hydrogens (tertiary/aromatic N) is 5. The summed E-state index contributed by atoms with van der Waals surface area (Å²) in [6.45, 7) is 19.4. The van der Waals surface area contributed by atoms with E-state index < -0.39 is 76.5 Å². The number of halogens is 3. The fourth-order valence-electron chi connectivity index (χ4n) is 4.64. The maximum atomic E-state index is 13.8. The highest BCUT2D eigenvalue weighted by Gasteiger charge is 2.44. The first kappa shape index (κ1) is 40.6. The van der Waals surface area contributed by atoms with Gasteiger partial charge in [-0.3, -0.25) is 4.68 Å². The first-order valence-corrected chi connectivity index (χ1v) is 15.3. The summed E-state index contributed by atoms with van der Waals surface area (Å²) in [5.74, 6) is -1.58. The molecule has 0 saturated heterocycles. The first-order chi connectivity index (χ1) is 21.9. The van der Waals surface area contributed by atoms with Crippen LogP contribution < -0.4 is 14.5 Å². The van der Waals surface area contributed by atoms with Gasteiger partial charge in [-0.1, -0.05) is 41.5 Å². The minimum absolute atomic E-state index is 0.0602. The maximum Gasteiger partial charge on any atom is 0.433 e. The summed E-state index contributed by atoms with van der Waals surface area (Å²) in [6.07, 6.45) is -11.3. The van der Waals surface area contributed by atoms with Crippen LogP contribution in [0.4, 0.5) is 44.0 Å². The van der Waals surface area contributed by atoms with Gasteiger partial charge in [0.25, 0.3) is 0 Å². The number of carbonyl (C=O) groups is 4. The molecule has 0 fully saturated rings. The largest absolute Gasteiger partial charge is 0.486 e. The number of alkyl halides is 3. The van der Waals surface area contributed by atoms with Crippen molar-refractivity contribution >= 4 is 36.0 Å². The second-order valence-electron chi connectivity index (χ2n) is 15.2. The predicted octanol–water partition coefficient (Wildman–Crippen LogP) is 8.33. The smallest absolute Gasteiger partial charge is 0.433 e. The Morgan fingerprint density at radius 1 is 0.755 bits per heavy atom. The van der Waals surface area contributed by atoms with Gasteiger partial charge in [0.15, 0.2) is 11.6 Å². The molecule has 274 valence electrons. The second-order valence-corrected chi connectivity index (χ2v) is 15.2. The molecule has 14 nitrogen and oxygen atoms in total. The van der Waals surface area contributed by atoms with Gasteiger partial charge in [0.1, 0.15) is 34.9 Å². The van der Waals surface area contributed by atoms with Gasteiger partial charge in [-0.2, -0.15) is 28.1 Å². The van der Waals surface area contributed by atoms with Crippen molar-refractivity contribution in [2.24, 2.45) is 0 Å². The third kappa shape index (κ3) is 9.98. The fourth-order valence-corrected chi connectivity index (χ4v) is 4.64. The number of aryl methyl sites for hydroxylation is 1. The molecule has 0 aliphatic carbocycles. The van der Waals surface area contributed by atoms with Crippen molar-refractivity contribution in [3.05, 3.63) is 28.6 Å². The minimum Gasteiger partial charge on any atom is -0.486 e. The summed E-state index contributed by atoms with van der Waals surface area (Å²) in [5, 5.41) is 24.7. The summed E-state index contributed by atoms with van der Waals surface area (Å²) in [5.41, 5.74) is -6.02. The highest BCUT2D eigenvalue weighted by atomic mass is 19.4. The molecule has 2 aromatic rings. The Morgan fingerprint density at radius 3 is 1.41 bits per heavy atom. The van der Waals surface area contributed by atoms with Crippen LogP contribution in [0.3, 0.4) is 0 Å². The van der Waals surface area contributed by atoms with Gasteiger partial charge in [-0.15, -0.1) is 0 Å². The van der Waals surface area contributed by atoms with E-state index in [4.69, 9.17) is 14.2 Å². The number of carbonyl (C=O) groups excluding carboxylic acids is 2. The Hall–Kier alpha value is -4.57. The summed E-state index contributed by atoms with van der Waals surface area (Å²) in [4.78, 5) is 57.2. The molecule has 2 heterocycles. The molecule has 17 heteroatoms. The number of imide groups is 2. The van der Waals surface area contributed by atoms with Crippen LogP contribution in [0, 0.1) is 0 Å². The predicted molar refractivity (Wildman–Crippen MR) is 172 cm³/mol. The Balaban J connectivity index is 3.21. The molecule has 2 rings (SSSR count). The van der Waals surface area contributed by atoms with Gasteiger partial charge in [-0.05, 0) is 65.4 Å². The maximum absolute atomic E-state index is 13.8. The molecule has 2 aromatic heterocycles. The van der Waals surface area contributed by atoms with Crippen molar-refractivity contribution < 1.29 is 56.8 Å². The van der Waals surface area contributed by atoms with Crippen molar-refractivity contribution in [1.82, 2.24) is 14.8 Å². The molecule has 0 unspecified atom stereocenters. The molecule has 0 aliphatic heterocycles. The number of aromatic nitrogens is 3. The molecule has 0 aliphatic rings. The van der Waals surface area contributed by atoms with Crippen LogP contribution in [-0.4, -0.2) is 60.6 Å². The summed E-state index contributed by atoms with van der Waals surface area (Å²) in [6, 6.07) is 0.786. The first-order valence-electron chi connectivity index (χ1n) is 15.3. The molecule has 4 amide bonds. The van der Waals surface area contributed by atoms with E-state index >= 15 is 0 Å². The average Bonchev–Trinajstić information content (AvgIpc) is 3.27. The normalized spacial score (nSPS) is 12.7. The van der Waals surface area contributed by atoms with Crippen molar-refractivity contribution in [1.29, 1.82) is 0 Å². The summed E-state index contributed by atoms with van der Waals surface area (Å²) >= 11 is 0. The van der Waals surface area contributed by atoms with Gasteiger partial charge in [0.05, 0.1) is 0 Å². The van der Waals surface area contributed by atoms with Gasteiger partial charge < -0.3 is 24.4 Å². The SMILES string of the molecule is CCn1nc(COc2c(C(C)(C)C)c(N(C(=O)O)C(=O)OC(C)(C)C)nc(N(C(=O)O)C(=O)OC(C)(C)C)c2C(C)(C)C)cc1C(F)(F)F. The number of hydrogen-bond acceptors (Lipinski definition) is 9. The quantitative estimate of drug-likeness (QED) is 0.296. The highest BCUT2D eigenvalue weighted by Crippen LogP contribution is 2.49. The van der Waals surface area contributed by atoms with Gasteiger partial charge in [0.2, 0.25) is 0 Å². The molecule has 49 heavy (non-hydrogen) atoms. The van der Waals surface area contributed by atoms with E-state index in [2.05, 4.69) is 10.1 Å². The Bertz CT molecular complexity index is 1510. The highest BCUT2D eigenvalue weighted by molar-refractivity contribution is 6.11. The molecule has 0 atom stereocenters. The van der Waals surface area contributed by atoms with Crippen LogP contribution in [0.5, 0.6) is 5.75 Å². The van der Waals surface area contributed by atoms with E-state index in [9.17, 15) is 42.6 Å². The molecule has 0 bridgehead atoms. The molecular weight excluding hydrogens is 655 g/mol. The standard InChI is InChI=1S/C32H46F3N5O9/c1-14-38-18(32(33,34)35)15-17(37-38)16-47-21-19(28(2,3)4)22(39(24(41)42)26(45)48-30(8,9)10)36-23(20(21)29(5,6)7)40(25(43)44)27(46)49-31(11,12)13/h15H,14,16H2,1-13H3,(H,41,42)(H,43,44). The Morgan fingerprint density at radius 2 is 1.14 bits per heavy atom. The second kappa shape index (κ2) is 13.7. The lowest BCUT2D eigenvalue weighted by Gasteiger charge is -2.36. The van der Waals surface area contributed by atoms with Gasteiger partial charge in [-0.25, -0.2) is 24.2 Å². The molecule has 0 saturated carbocycles. The van der Waals surface area contributed by atoms with Crippen LogP contribution >= 0.6 is 0 Å². The number of anilines is 2. The number of carboxylic acid groups (broad SMARTS) is 2. The number of ether oxygens (including phenoxy) is 3. The van der Waals surface area contributed by atoms with Crippen molar-refractivity contribution in [3.8, 4) is 5.75 Å². The van der Waals surface area contributed by atoms with E-state index in [1.165, 1.54) is 48.5 Å². The zero-order valence-corrected chi connectivity index (χ0v) is 30.1. The lowest BCUT2D eigenvalue weighted by molar-refractivity contribution is -0.144. The third-order valence-corrected chi connectivity index (χ3v) is 6.36. The van der Waals surface area contributed by atoms with Crippen molar-refractivity contribution in [3.63, 3.8) is 0 Å². The van der Waals surface area contributed by atoms with Gasteiger partial charge >= 0.3 is 30.5 Å². The van der Waals surface area contributed by atoms with Crippen LogP contribution in [-0.2, 0) is 39.6 Å². The molecule has 2 N–H and O–H groups in total. The minimum atomic E-state index is -4.74. The van der Waals surface area contributed by atoms with E-state index in [1.807, 2.05) is 0 Å². The average molecular weight is 702 g/mol. The number of pyridine rings is 1. The fraction of sp³-hybridized carbons (Fsp3) is 0.625. The summed E-state index contributed by atoms with van der Waals surface area (Å²) in [7, 11) is 0. The van der Waals surface area contributed by atoms with E-state index in [0.717, 1.165) is 10.7 Å².